The van der Waals surface area contributed by atoms with E-state index in [9.17, 15) is 4.79 Å². The van der Waals surface area contributed by atoms with Gasteiger partial charge in [-0.25, -0.2) is 4.79 Å². The van der Waals surface area contributed by atoms with E-state index >= 15 is 0 Å². The first-order valence-corrected chi connectivity index (χ1v) is 4.79. The predicted molar refractivity (Wildman–Crippen MR) is 54.7 cm³/mol. The average Bonchev–Trinajstić information content (AvgIpc) is 2.18. The minimum absolute atomic E-state index is 0. The Hall–Kier alpha value is -0.770. The van der Waals surface area contributed by atoms with Gasteiger partial charge in [-0.1, -0.05) is 20.8 Å². The quantitative estimate of drug-likeness (QED) is 0.538. The van der Waals surface area contributed by atoms with Gasteiger partial charge in [0.05, 0.1) is 6.61 Å². The van der Waals surface area contributed by atoms with Crippen molar-refractivity contribution in [1.29, 1.82) is 0 Å². The van der Waals surface area contributed by atoms with Gasteiger partial charge in [-0.05, 0) is 13.3 Å². The van der Waals surface area contributed by atoms with Gasteiger partial charge in [0, 0.05) is 8.03 Å². The maximum absolute atomic E-state index is 10.7. The second kappa shape index (κ2) is 13.8. The van der Waals surface area contributed by atoms with Gasteiger partial charge in [0.2, 0.25) is 0 Å². The maximum Gasteiger partial charge on any atom is 0.408 e. The van der Waals surface area contributed by atoms with Crippen LogP contribution < -0.4 is 5.32 Å². The van der Waals surface area contributed by atoms with Crippen LogP contribution in [0.5, 0.6) is 0 Å². The van der Waals surface area contributed by atoms with Gasteiger partial charge in [-0.15, -0.1) is 0 Å². The lowest BCUT2D eigenvalue weighted by Crippen LogP contribution is -2.27. The number of carbonyl (C=O) groups excluding carboxylic acids is 1. The largest absolute Gasteiger partial charge is 0.450 e. The molecule has 0 bridgehead atoms. The minimum atomic E-state index is -0.416. The Balaban J connectivity index is -0.000000376. The highest BCUT2D eigenvalue weighted by Gasteiger charge is 1.97. The molecule has 0 spiro atoms. The Morgan fingerprint density at radius 1 is 1.38 bits per heavy atom. The molecule has 1 N–H and O–H groups in total. The third-order valence-corrected chi connectivity index (χ3v) is 0.960. The summed E-state index contributed by atoms with van der Waals surface area (Å²) in [5, 5.41) is 2.44. The number of amides is 1. The summed E-state index contributed by atoms with van der Waals surface area (Å²) in [6, 6.07) is 0. The molecule has 0 aliphatic heterocycles. The molecule has 0 aromatic heterocycles. The van der Waals surface area contributed by atoms with Crippen LogP contribution in [0.4, 0.5) is 4.79 Å². The Morgan fingerprint density at radius 2 is 2.00 bits per heavy atom. The highest BCUT2D eigenvalue weighted by Crippen LogP contribution is 1.81. The van der Waals surface area contributed by atoms with Crippen molar-refractivity contribution in [1.82, 2.24) is 5.32 Å². The second-order valence-electron chi connectivity index (χ2n) is 1.95. The van der Waals surface area contributed by atoms with Crippen LogP contribution in [0.15, 0.2) is 0 Å². The van der Waals surface area contributed by atoms with E-state index in [1.54, 1.807) is 0 Å². The molecule has 0 rings (SSSR count). The number of rotatable bonds is 5. The van der Waals surface area contributed by atoms with Gasteiger partial charge in [0.15, 0.2) is 0 Å². The zero-order chi connectivity index (χ0) is 10.5. The molecule has 0 aromatic rings. The molecule has 0 fully saturated rings. The first kappa shape index (κ1) is 14.7. The molecule has 4 heteroatoms. The van der Waals surface area contributed by atoms with Crippen molar-refractivity contribution in [2.24, 2.45) is 0 Å². The van der Waals surface area contributed by atoms with E-state index in [4.69, 9.17) is 9.47 Å². The summed E-state index contributed by atoms with van der Waals surface area (Å²) in [4.78, 5) is 10.7. The number of alkyl carbamates (subject to hydrolysis) is 1. The van der Waals surface area contributed by atoms with Gasteiger partial charge in [-0.3, -0.25) is 5.32 Å². The standard InChI is InChI=1S/C7H15NO3.C2H6.H2/c1-3-5-11-7(9)8-6-10-4-2;1-2;/h3-6H2,1-2H3,(H,8,9);1-2H3;1H. The van der Waals surface area contributed by atoms with Gasteiger partial charge < -0.3 is 9.47 Å². The molecule has 0 aliphatic rings. The van der Waals surface area contributed by atoms with Crippen molar-refractivity contribution in [3.05, 3.63) is 0 Å². The van der Waals surface area contributed by atoms with Crippen molar-refractivity contribution in [2.45, 2.75) is 34.1 Å². The topological polar surface area (TPSA) is 47.6 Å². The molecule has 0 saturated carbocycles. The first-order chi connectivity index (χ1) is 6.31. The van der Waals surface area contributed by atoms with E-state index in [0.717, 1.165) is 6.42 Å². The van der Waals surface area contributed by atoms with E-state index in [0.29, 0.717) is 13.2 Å². The van der Waals surface area contributed by atoms with Crippen LogP contribution in [0.2, 0.25) is 0 Å². The minimum Gasteiger partial charge on any atom is -0.450 e. The van der Waals surface area contributed by atoms with Crippen LogP contribution in [-0.2, 0) is 9.47 Å². The first-order valence-electron chi connectivity index (χ1n) is 4.79. The van der Waals surface area contributed by atoms with Crippen LogP contribution in [0.1, 0.15) is 35.5 Å². The summed E-state index contributed by atoms with van der Waals surface area (Å²) < 4.78 is 9.58. The Bertz CT molecular complexity index is 112. The molecule has 0 saturated heterocycles. The molecule has 0 heterocycles. The fourth-order valence-electron chi connectivity index (χ4n) is 0.458. The highest BCUT2D eigenvalue weighted by atomic mass is 16.6. The lowest BCUT2D eigenvalue weighted by atomic mass is 10.5. The number of ether oxygens (including phenoxy) is 2. The molecule has 0 atom stereocenters. The Kier molecular flexibility index (Phi) is 15.6. The zero-order valence-corrected chi connectivity index (χ0v) is 9.05. The highest BCUT2D eigenvalue weighted by molar-refractivity contribution is 5.66. The molecule has 0 unspecified atom stereocenters. The van der Waals surface area contributed by atoms with Crippen LogP contribution >= 0.6 is 0 Å². The SMILES string of the molecule is CC.CCCOC(=O)NCOCC.[HH]. The van der Waals surface area contributed by atoms with Crippen molar-refractivity contribution in [3.8, 4) is 0 Å². The fraction of sp³-hybridized carbons (Fsp3) is 0.889. The van der Waals surface area contributed by atoms with Crippen LogP contribution in [0.3, 0.4) is 0 Å². The van der Waals surface area contributed by atoms with Crippen molar-refractivity contribution in [2.75, 3.05) is 19.9 Å². The third-order valence-electron chi connectivity index (χ3n) is 0.960. The van der Waals surface area contributed by atoms with Crippen LogP contribution in [0, 0.1) is 0 Å². The lowest BCUT2D eigenvalue weighted by Gasteiger charge is -2.04. The van der Waals surface area contributed by atoms with Crippen molar-refractivity contribution < 1.29 is 15.7 Å². The summed E-state index contributed by atoms with van der Waals surface area (Å²) in [7, 11) is 0. The summed E-state index contributed by atoms with van der Waals surface area (Å²) in [6.45, 7) is 9.07. The lowest BCUT2D eigenvalue weighted by molar-refractivity contribution is 0.102. The van der Waals surface area contributed by atoms with Crippen molar-refractivity contribution in [3.63, 3.8) is 0 Å². The zero-order valence-electron chi connectivity index (χ0n) is 9.05. The van der Waals surface area contributed by atoms with Gasteiger partial charge in [-0.2, -0.15) is 0 Å². The molecule has 0 aromatic carbocycles. The summed E-state index contributed by atoms with van der Waals surface area (Å²) in [6.07, 6.45) is 0.419. The number of hydrogen-bond acceptors (Lipinski definition) is 3. The Morgan fingerprint density at radius 3 is 2.46 bits per heavy atom. The molecule has 82 valence electrons. The molecule has 0 radical (unpaired) electrons. The molecular formula is C9H23NO3. The number of nitrogens with one attached hydrogen (secondary N) is 1. The normalized spacial score (nSPS) is 8.31. The van der Waals surface area contributed by atoms with Crippen molar-refractivity contribution >= 4 is 6.09 Å². The monoisotopic (exact) mass is 193 g/mol. The molecule has 13 heavy (non-hydrogen) atoms. The summed E-state index contributed by atoms with van der Waals surface area (Å²) >= 11 is 0. The van der Waals surface area contributed by atoms with E-state index in [1.165, 1.54) is 0 Å². The maximum atomic E-state index is 10.7. The smallest absolute Gasteiger partial charge is 0.408 e. The van der Waals surface area contributed by atoms with Gasteiger partial charge >= 0.3 is 6.09 Å². The fourth-order valence-corrected chi connectivity index (χ4v) is 0.458. The van der Waals surface area contributed by atoms with E-state index in [1.807, 2.05) is 27.7 Å². The van der Waals surface area contributed by atoms with Crippen LogP contribution in [-0.4, -0.2) is 26.0 Å². The van der Waals surface area contributed by atoms with Gasteiger partial charge in [0.25, 0.3) is 0 Å². The molecule has 1 amide bonds. The molecular weight excluding hydrogens is 170 g/mol. The molecule has 4 nitrogen and oxygen atoms in total. The second-order valence-corrected chi connectivity index (χ2v) is 1.95. The Labute approximate surface area is 82.1 Å². The van der Waals surface area contributed by atoms with E-state index < -0.39 is 6.09 Å². The summed E-state index contributed by atoms with van der Waals surface area (Å²) in [5.41, 5.74) is 0. The number of hydrogen-bond donors (Lipinski definition) is 1. The van der Waals surface area contributed by atoms with E-state index in [-0.39, 0.29) is 8.16 Å². The van der Waals surface area contributed by atoms with E-state index in [2.05, 4.69) is 5.32 Å². The average molecular weight is 193 g/mol. The number of carbonyl (C=O) groups is 1. The van der Waals surface area contributed by atoms with Gasteiger partial charge in [0.1, 0.15) is 6.73 Å². The van der Waals surface area contributed by atoms with Crippen LogP contribution in [0.25, 0.3) is 0 Å². The molecule has 0 aliphatic carbocycles. The summed E-state index contributed by atoms with van der Waals surface area (Å²) in [5.74, 6) is 0. The predicted octanol–water partition coefficient (Wildman–Crippen LogP) is 2.39. The third kappa shape index (κ3) is 14.1.